The summed E-state index contributed by atoms with van der Waals surface area (Å²) in [4.78, 5) is 4.55. The van der Waals surface area contributed by atoms with Crippen molar-refractivity contribution in [1.29, 1.82) is 0 Å². The van der Waals surface area contributed by atoms with E-state index in [2.05, 4.69) is 28.0 Å². The van der Waals surface area contributed by atoms with Crippen molar-refractivity contribution in [1.82, 2.24) is 9.55 Å². The highest BCUT2D eigenvalue weighted by Gasteiger charge is 2.23. The van der Waals surface area contributed by atoms with Gasteiger partial charge in [-0.25, -0.2) is 4.98 Å². The Morgan fingerprint density at radius 1 is 1.47 bits per heavy atom. The quantitative estimate of drug-likeness (QED) is 0.851. The van der Waals surface area contributed by atoms with Crippen LogP contribution in [0.4, 0.5) is 5.95 Å². The molecule has 3 rings (SSSR count). The first-order valence-corrected chi connectivity index (χ1v) is 6.73. The number of imidazole rings is 1. The van der Waals surface area contributed by atoms with Crippen LogP contribution in [0.15, 0.2) is 6.20 Å². The number of aromatic nitrogens is 2. The molecule has 2 fully saturated rings. The molecule has 1 atom stereocenters. The van der Waals surface area contributed by atoms with Gasteiger partial charge < -0.3 is 14.6 Å². The van der Waals surface area contributed by atoms with Crippen molar-refractivity contribution in [3.05, 3.63) is 11.9 Å². The first kappa shape index (κ1) is 11.1. The molecule has 1 saturated carbocycles. The average Bonchev–Trinajstić information content (AvgIpc) is 2.85. The summed E-state index contributed by atoms with van der Waals surface area (Å²) >= 11 is 0. The van der Waals surface area contributed by atoms with E-state index in [9.17, 15) is 0 Å². The molecule has 1 aromatic heterocycles. The van der Waals surface area contributed by atoms with Crippen LogP contribution in [-0.4, -0.2) is 28.3 Å². The maximum Gasteiger partial charge on any atom is 0.203 e. The fourth-order valence-electron chi connectivity index (χ4n) is 2.40. The SMILES string of the molecule is Cc1cn(CCC2CCCO2)c(NC2CC2)n1. The third-order valence-electron chi connectivity index (χ3n) is 3.52. The second kappa shape index (κ2) is 4.69. The molecule has 4 nitrogen and oxygen atoms in total. The van der Waals surface area contributed by atoms with Crippen LogP contribution in [0.1, 0.15) is 37.8 Å². The molecule has 0 bridgehead atoms. The zero-order valence-electron chi connectivity index (χ0n) is 10.5. The summed E-state index contributed by atoms with van der Waals surface area (Å²) in [5.74, 6) is 1.04. The van der Waals surface area contributed by atoms with Gasteiger partial charge >= 0.3 is 0 Å². The van der Waals surface area contributed by atoms with Crippen molar-refractivity contribution < 1.29 is 4.74 Å². The van der Waals surface area contributed by atoms with Crippen LogP contribution in [0.25, 0.3) is 0 Å². The highest BCUT2D eigenvalue weighted by Crippen LogP contribution is 2.25. The molecular formula is C13H21N3O. The van der Waals surface area contributed by atoms with Gasteiger partial charge in [-0.3, -0.25) is 0 Å². The van der Waals surface area contributed by atoms with E-state index in [1.54, 1.807) is 0 Å². The van der Waals surface area contributed by atoms with Crippen molar-refractivity contribution in [3.63, 3.8) is 0 Å². The van der Waals surface area contributed by atoms with Gasteiger partial charge in [0.2, 0.25) is 5.95 Å². The average molecular weight is 235 g/mol. The van der Waals surface area contributed by atoms with E-state index in [-0.39, 0.29) is 0 Å². The zero-order valence-corrected chi connectivity index (χ0v) is 10.5. The van der Waals surface area contributed by atoms with Gasteiger partial charge in [-0.05, 0) is 39.0 Å². The molecule has 1 aliphatic carbocycles. The standard InChI is InChI=1S/C13H21N3O/c1-10-9-16(7-6-12-3-2-8-17-12)13(14-10)15-11-4-5-11/h9,11-12H,2-8H2,1H3,(H,14,15). The van der Waals surface area contributed by atoms with Crippen LogP contribution in [0, 0.1) is 6.92 Å². The third-order valence-corrected chi connectivity index (χ3v) is 3.52. The van der Waals surface area contributed by atoms with Gasteiger partial charge in [0.25, 0.3) is 0 Å². The number of anilines is 1. The number of hydrogen-bond donors (Lipinski definition) is 1. The van der Waals surface area contributed by atoms with Crippen LogP contribution in [0.3, 0.4) is 0 Å². The van der Waals surface area contributed by atoms with Gasteiger partial charge in [0.05, 0.1) is 11.8 Å². The fourth-order valence-corrected chi connectivity index (χ4v) is 2.40. The number of nitrogens with one attached hydrogen (secondary N) is 1. The lowest BCUT2D eigenvalue weighted by molar-refractivity contribution is 0.100. The summed E-state index contributed by atoms with van der Waals surface area (Å²) < 4.78 is 7.91. The van der Waals surface area contributed by atoms with Crippen molar-refractivity contribution in [3.8, 4) is 0 Å². The summed E-state index contributed by atoms with van der Waals surface area (Å²) in [5.41, 5.74) is 1.10. The first-order chi connectivity index (χ1) is 8.31. The van der Waals surface area contributed by atoms with Gasteiger partial charge in [0, 0.05) is 25.4 Å². The summed E-state index contributed by atoms with van der Waals surface area (Å²) in [6.07, 6.45) is 8.73. The Hall–Kier alpha value is -1.03. The number of rotatable bonds is 5. The Bertz CT molecular complexity index is 378. The lowest BCUT2D eigenvalue weighted by atomic mass is 10.2. The van der Waals surface area contributed by atoms with Crippen LogP contribution >= 0.6 is 0 Å². The van der Waals surface area contributed by atoms with Crippen LogP contribution < -0.4 is 5.32 Å². The molecule has 1 aliphatic heterocycles. The van der Waals surface area contributed by atoms with Crippen LogP contribution in [-0.2, 0) is 11.3 Å². The number of hydrogen-bond acceptors (Lipinski definition) is 3. The molecule has 1 unspecified atom stereocenters. The molecule has 1 aromatic rings. The normalized spacial score (nSPS) is 24.2. The van der Waals surface area contributed by atoms with Gasteiger partial charge in [0.1, 0.15) is 0 Å². The summed E-state index contributed by atoms with van der Waals surface area (Å²) in [6, 6.07) is 0.665. The maximum atomic E-state index is 5.66. The minimum Gasteiger partial charge on any atom is -0.378 e. The van der Waals surface area contributed by atoms with E-state index >= 15 is 0 Å². The largest absolute Gasteiger partial charge is 0.378 e. The molecule has 2 heterocycles. The number of aryl methyl sites for hydroxylation is 2. The molecule has 0 amide bonds. The molecule has 1 saturated heterocycles. The summed E-state index contributed by atoms with van der Waals surface area (Å²) in [7, 11) is 0. The minimum atomic E-state index is 0.464. The third kappa shape index (κ3) is 2.80. The highest BCUT2D eigenvalue weighted by atomic mass is 16.5. The van der Waals surface area contributed by atoms with Gasteiger partial charge in [-0.15, -0.1) is 0 Å². The van der Waals surface area contributed by atoms with Crippen molar-refractivity contribution >= 4 is 5.95 Å². The Morgan fingerprint density at radius 3 is 3.06 bits per heavy atom. The molecule has 4 heteroatoms. The number of nitrogens with zero attached hydrogens (tertiary/aromatic N) is 2. The first-order valence-electron chi connectivity index (χ1n) is 6.73. The van der Waals surface area contributed by atoms with E-state index in [0.29, 0.717) is 12.1 Å². The molecule has 2 aliphatic rings. The topological polar surface area (TPSA) is 39.1 Å². The summed E-state index contributed by atoms with van der Waals surface area (Å²) in [5, 5.41) is 3.49. The highest BCUT2D eigenvalue weighted by molar-refractivity contribution is 5.32. The Kier molecular flexibility index (Phi) is 3.05. The molecule has 17 heavy (non-hydrogen) atoms. The molecule has 0 spiro atoms. The van der Waals surface area contributed by atoms with E-state index < -0.39 is 0 Å². The minimum absolute atomic E-state index is 0.464. The second-order valence-corrected chi connectivity index (χ2v) is 5.24. The zero-order chi connectivity index (χ0) is 11.7. The Morgan fingerprint density at radius 2 is 2.35 bits per heavy atom. The van der Waals surface area contributed by atoms with Crippen LogP contribution in [0.5, 0.6) is 0 Å². The van der Waals surface area contributed by atoms with E-state index in [4.69, 9.17) is 4.74 Å². The molecule has 1 N–H and O–H groups in total. The van der Waals surface area contributed by atoms with E-state index in [1.165, 1.54) is 25.7 Å². The predicted octanol–water partition coefficient (Wildman–Crippen LogP) is 2.33. The summed E-state index contributed by atoms with van der Waals surface area (Å²) in [6.45, 7) is 4.02. The van der Waals surface area contributed by atoms with Crippen molar-refractivity contribution in [2.24, 2.45) is 0 Å². The van der Waals surface area contributed by atoms with Gasteiger partial charge in [-0.2, -0.15) is 0 Å². The molecular weight excluding hydrogens is 214 g/mol. The monoisotopic (exact) mass is 235 g/mol. The molecule has 0 radical (unpaired) electrons. The van der Waals surface area contributed by atoms with Crippen molar-refractivity contribution in [2.45, 2.75) is 57.7 Å². The molecule has 94 valence electrons. The Balaban J connectivity index is 1.59. The fraction of sp³-hybridized carbons (Fsp3) is 0.769. The molecule has 0 aromatic carbocycles. The van der Waals surface area contributed by atoms with E-state index in [1.807, 2.05) is 0 Å². The van der Waals surface area contributed by atoms with Crippen LogP contribution in [0.2, 0.25) is 0 Å². The van der Waals surface area contributed by atoms with Gasteiger partial charge in [0.15, 0.2) is 0 Å². The lowest BCUT2D eigenvalue weighted by Gasteiger charge is -2.12. The maximum absolute atomic E-state index is 5.66. The van der Waals surface area contributed by atoms with Gasteiger partial charge in [-0.1, -0.05) is 0 Å². The lowest BCUT2D eigenvalue weighted by Crippen LogP contribution is -2.13. The smallest absolute Gasteiger partial charge is 0.203 e. The second-order valence-electron chi connectivity index (χ2n) is 5.24. The van der Waals surface area contributed by atoms with Crippen molar-refractivity contribution in [2.75, 3.05) is 11.9 Å². The predicted molar refractivity (Wildman–Crippen MR) is 67.2 cm³/mol. The van der Waals surface area contributed by atoms with E-state index in [0.717, 1.165) is 31.2 Å². The number of ether oxygens (including phenoxy) is 1. The Labute approximate surface area is 102 Å².